The molecule has 5 heteroatoms. The average Bonchev–Trinajstić information content (AvgIpc) is 3.02. The lowest BCUT2D eigenvalue weighted by Gasteiger charge is -2.22. The predicted molar refractivity (Wildman–Crippen MR) is 91.4 cm³/mol. The van der Waals surface area contributed by atoms with Crippen molar-refractivity contribution in [3.63, 3.8) is 0 Å². The number of fused-ring (bicyclic) bond motifs is 1. The fourth-order valence-corrected chi connectivity index (χ4v) is 3.62. The van der Waals surface area contributed by atoms with Gasteiger partial charge in [-0.2, -0.15) is 0 Å². The van der Waals surface area contributed by atoms with E-state index in [1.54, 1.807) is 11.3 Å². The third-order valence-electron chi connectivity index (χ3n) is 4.24. The van der Waals surface area contributed by atoms with Crippen LogP contribution in [0.5, 0.6) is 0 Å². The molecule has 1 fully saturated rings. The molecule has 2 aromatic rings. The number of carbonyl (C=O) groups is 1. The topological polar surface area (TPSA) is 32.3 Å². The van der Waals surface area contributed by atoms with Crippen molar-refractivity contribution < 1.29 is 4.79 Å². The van der Waals surface area contributed by atoms with Crippen LogP contribution in [0.3, 0.4) is 0 Å². The van der Waals surface area contributed by atoms with Crippen molar-refractivity contribution in [1.29, 1.82) is 0 Å². The largest absolute Gasteiger partial charge is 0.331 e. The van der Waals surface area contributed by atoms with Gasteiger partial charge in [0.05, 0.1) is 6.54 Å². The highest BCUT2D eigenvalue weighted by Crippen LogP contribution is 2.31. The van der Waals surface area contributed by atoms with Crippen LogP contribution in [0.2, 0.25) is 0 Å². The third kappa shape index (κ3) is 3.05. The molecule has 1 aliphatic heterocycles. The summed E-state index contributed by atoms with van der Waals surface area (Å²) in [6, 6.07) is 10.8. The van der Waals surface area contributed by atoms with E-state index in [0.29, 0.717) is 6.04 Å². The van der Waals surface area contributed by atoms with Crippen LogP contribution in [0, 0.1) is 0 Å². The SMILES string of the molecule is Cl.O=C(c1ccc2c(c1)CNC2)N(Cc1cccs1)C1CC1. The Morgan fingerprint density at radius 1 is 1.23 bits per heavy atom. The summed E-state index contributed by atoms with van der Waals surface area (Å²) in [4.78, 5) is 16.2. The molecule has 1 amide bonds. The molecule has 0 atom stereocenters. The summed E-state index contributed by atoms with van der Waals surface area (Å²) in [6.07, 6.45) is 2.28. The Hall–Kier alpha value is -1.36. The second-order valence-corrected chi connectivity index (χ2v) is 6.86. The first-order valence-corrected chi connectivity index (χ1v) is 8.35. The molecule has 22 heavy (non-hydrogen) atoms. The molecular formula is C17H19ClN2OS. The number of rotatable bonds is 4. The van der Waals surface area contributed by atoms with Crippen LogP contribution in [0.4, 0.5) is 0 Å². The molecule has 0 saturated heterocycles. The number of hydrogen-bond donors (Lipinski definition) is 1. The summed E-state index contributed by atoms with van der Waals surface area (Å²) in [5, 5.41) is 5.41. The molecule has 1 aliphatic carbocycles. The molecule has 0 radical (unpaired) electrons. The predicted octanol–water partition coefficient (Wildman–Crippen LogP) is 3.58. The lowest BCUT2D eigenvalue weighted by molar-refractivity contribution is 0.0731. The standard InChI is InChI=1S/C17H18N2OS.ClH/c20-17(12-3-4-13-9-18-10-14(13)8-12)19(15-5-6-15)11-16-2-1-7-21-16;/h1-4,7-8,15,18H,5-6,9-11H2;1H. The van der Waals surface area contributed by atoms with E-state index in [4.69, 9.17) is 0 Å². The van der Waals surface area contributed by atoms with Gasteiger partial charge in [0.25, 0.3) is 5.91 Å². The first-order valence-electron chi connectivity index (χ1n) is 7.47. The summed E-state index contributed by atoms with van der Waals surface area (Å²) in [5.41, 5.74) is 3.43. The van der Waals surface area contributed by atoms with Crippen LogP contribution in [0.15, 0.2) is 35.7 Å². The number of nitrogens with one attached hydrogen (secondary N) is 1. The van der Waals surface area contributed by atoms with Crippen LogP contribution in [0.25, 0.3) is 0 Å². The minimum Gasteiger partial charge on any atom is -0.331 e. The number of carbonyl (C=O) groups excluding carboxylic acids is 1. The maximum atomic E-state index is 12.9. The molecular weight excluding hydrogens is 316 g/mol. The first kappa shape index (κ1) is 15.5. The monoisotopic (exact) mass is 334 g/mol. The molecule has 0 bridgehead atoms. The van der Waals surface area contributed by atoms with Crippen molar-refractivity contribution >= 4 is 29.7 Å². The maximum Gasteiger partial charge on any atom is 0.254 e. The van der Waals surface area contributed by atoms with Crippen molar-refractivity contribution in [3.05, 3.63) is 57.3 Å². The summed E-state index contributed by atoms with van der Waals surface area (Å²) in [7, 11) is 0. The van der Waals surface area contributed by atoms with Gasteiger partial charge < -0.3 is 10.2 Å². The molecule has 1 saturated carbocycles. The van der Waals surface area contributed by atoms with Crippen LogP contribution in [-0.4, -0.2) is 16.8 Å². The Morgan fingerprint density at radius 3 is 2.77 bits per heavy atom. The van der Waals surface area contributed by atoms with Crippen LogP contribution < -0.4 is 5.32 Å². The van der Waals surface area contributed by atoms with Gasteiger partial charge in [0, 0.05) is 29.6 Å². The van der Waals surface area contributed by atoms with Crippen LogP contribution >= 0.6 is 23.7 Å². The molecule has 1 N–H and O–H groups in total. The zero-order valence-electron chi connectivity index (χ0n) is 12.2. The Bertz CT molecular complexity index is 667. The smallest absolute Gasteiger partial charge is 0.254 e. The second-order valence-electron chi connectivity index (χ2n) is 5.83. The van der Waals surface area contributed by atoms with Gasteiger partial charge in [0.15, 0.2) is 0 Å². The quantitative estimate of drug-likeness (QED) is 0.927. The zero-order chi connectivity index (χ0) is 14.2. The first-order chi connectivity index (χ1) is 10.3. The highest BCUT2D eigenvalue weighted by molar-refractivity contribution is 7.09. The van der Waals surface area contributed by atoms with E-state index in [0.717, 1.165) is 38.0 Å². The van der Waals surface area contributed by atoms with E-state index in [1.165, 1.54) is 16.0 Å². The Morgan fingerprint density at radius 2 is 2.05 bits per heavy atom. The van der Waals surface area contributed by atoms with E-state index < -0.39 is 0 Å². The normalized spacial score (nSPS) is 16.0. The van der Waals surface area contributed by atoms with Gasteiger partial charge in [-0.05, 0) is 47.5 Å². The number of halogens is 1. The van der Waals surface area contributed by atoms with E-state index in [1.807, 2.05) is 6.07 Å². The second kappa shape index (κ2) is 6.41. The Labute approximate surface area is 140 Å². The van der Waals surface area contributed by atoms with Crippen LogP contribution in [-0.2, 0) is 19.6 Å². The molecule has 2 heterocycles. The van der Waals surface area contributed by atoms with Gasteiger partial charge in [-0.15, -0.1) is 23.7 Å². The minimum atomic E-state index is 0. The number of benzene rings is 1. The minimum absolute atomic E-state index is 0. The fourth-order valence-electron chi connectivity index (χ4n) is 2.92. The highest BCUT2D eigenvalue weighted by Gasteiger charge is 2.33. The van der Waals surface area contributed by atoms with Crippen molar-refractivity contribution in [3.8, 4) is 0 Å². The highest BCUT2D eigenvalue weighted by atomic mass is 35.5. The molecule has 116 valence electrons. The Kier molecular flexibility index (Phi) is 4.52. The van der Waals surface area contributed by atoms with Crippen molar-refractivity contribution in [2.75, 3.05) is 0 Å². The maximum absolute atomic E-state index is 12.9. The molecule has 0 spiro atoms. The molecule has 2 aliphatic rings. The van der Waals surface area contributed by atoms with Crippen molar-refractivity contribution in [1.82, 2.24) is 10.2 Å². The molecule has 3 nitrogen and oxygen atoms in total. The van der Waals surface area contributed by atoms with Gasteiger partial charge in [-0.25, -0.2) is 0 Å². The molecule has 1 aromatic heterocycles. The van der Waals surface area contributed by atoms with E-state index >= 15 is 0 Å². The van der Waals surface area contributed by atoms with Gasteiger partial charge in [0.2, 0.25) is 0 Å². The van der Waals surface area contributed by atoms with Gasteiger partial charge in [-0.3, -0.25) is 4.79 Å². The summed E-state index contributed by atoms with van der Waals surface area (Å²) in [5.74, 6) is 0.181. The van der Waals surface area contributed by atoms with Gasteiger partial charge in [0.1, 0.15) is 0 Å². The van der Waals surface area contributed by atoms with E-state index in [-0.39, 0.29) is 18.3 Å². The average molecular weight is 335 g/mol. The van der Waals surface area contributed by atoms with E-state index in [2.05, 4.69) is 39.9 Å². The summed E-state index contributed by atoms with van der Waals surface area (Å²) >= 11 is 1.73. The van der Waals surface area contributed by atoms with Crippen molar-refractivity contribution in [2.24, 2.45) is 0 Å². The van der Waals surface area contributed by atoms with Gasteiger partial charge in [-0.1, -0.05) is 12.1 Å². The van der Waals surface area contributed by atoms with Crippen LogP contribution in [0.1, 0.15) is 39.2 Å². The number of thiophene rings is 1. The van der Waals surface area contributed by atoms with Gasteiger partial charge >= 0.3 is 0 Å². The lowest BCUT2D eigenvalue weighted by Crippen LogP contribution is -2.32. The third-order valence-corrected chi connectivity index (χ3v) is 5.10. The summed E-state index contributed by atoms with van der Waals surface area (Å²) in [6.45, 7) is 2.55. The molecule has 0 unspecified atom stereocenters. The number of hydrogen-bond acceptors (Lipinski definition) is 3. The molecule has 4 rings (SSSR count). The molecule has 1 aromatic carbocycles. The zero-order valence-corrected chi connectivity index (χ0v) is 13.9. The number of nitrogens with zero attached hydrogens (tertiary/aromatic N) is 1. The number of amides is 1. The van der Waals surface area contributed by atoms with Crippen molar-refractivity contribution in [2.45, 2.75) is 38.5 Å². The Balaban J connectivity index is 0.00000144. The summed E-state index contributed by atoms with van der Waals surface area (Å²) < 4.78 is 0. The van der Waals surface area contributed by atoms with E-state index in [9.17, 15) is 4.79 Å². The fraction of sp³-hybridized carbons (Fsp3) is 0.353. The lowest BCUT2D eigenvalue weighted by atomic mass is 10.1.